The first kappa shape index (κ1) is 30.8. The first-order valence-electron chi connectivity index (χ1n) is 18.7. The molecule has 0 aliphatic heterocycles. The summed E-state index contributed by atoms with van der Waals surface area (Å²) in [7, 11) is 0. The van der Waals surface area contributed by atoms with Crippen LogP contribution in [0, 0.1) is 0 Å². The third-order valence-corrected chi connectivity index (χ3v) is 11.6. The Labute approximate surface area is 313 Å². The Hall–Kier alpha value is -6.84. The van der Waals surface area contributed by atoms with Gasteiger partial charge in [0.15, 0.2) is 5.82 Å². The highest BCUT2D eigenvalue weighted by Crippen LogP contribution is 2.52. The van der Waals surface area contributed by atoms with E-state index < -0.39 is 0 Å². The van der Waals surface area contributed by atoms with Gasteiger partial charge in [0.25, 0.3) is 0 Å². The lowest BCUT2D eigenvalue weighted by Gasteiger charge is -2.24. The molecule has 8 aromatic carbocycles. The largest absolute Gasteiger partial charge is 0.309 e. The number of aromatic nitrogens is 3. The third kappa shape index (κ3) is 4.48. The van der Waals surface area contributed by atoms with Gasteiger partial charge < -0.3 is 4.57 Å². The summed E-state index contributed by atoms with van der Waals surface area (Å²) in [6.07, 6.45) is 0. The molecule has 0 saturated carbocycles. The molecule has 0 fully saturated rings. The first-order chi connectivity index (χ1) is 26.5. The molecule has 10 aromatic rings. The molecule has 0 spiro atoms. The monoisotopic (exact) mass is 689 g/mol. The molecule has 0 N–H and O–H groups in total. The number of fused-ring (bicyclic) bond motifs is 10. The van der Waals surface area contributed by atoms with E-state index in [1.54, 1.807) is 0 Å². The molecule has 0 bridgehead atoms. The van der Waals surface area contributed by atoms with Crippen LogP contribution in [0.5, 0.6) is 0 Å². The molecule has 0 unspecified atom stereocenters. The smallest absolute Gasteiger partial charge is 0.160 e. The molecule has 2 heterocycles. The van der Waals surface area contributed by atoms with Gasteiger partial charge in [-0.1, -0.05) is 147 Å². The summed E-state index contributed by atoms with van der Waals surface area (Å²) in [4.78, 5) is 10.7. The van der Waals surface area contributed by atoms with Gasteiger partial charge in [0, 0.05) is 38.4 Å². The minimum atomic E-state index is -0.187. The van der Waals surface area contributed by atoms with Crippen molar-refractivity contribution < 1.29 is 0 Å². The van der Waals surface area contributed by atoms with Crippen molar-refractivity contribution in [3.8, 4) is 50.6 Å². The number of para-hydroxylation sites is 1. The van der Waals surface area contributed by atoms with E-state index in [1.165, 1.54) is 54.8 Å². The van der Waals surface area contributed by atoms with Crippen LogP contribution >= 0.6 is 0 Å². The quantitative estimate of drug-likeness (QED) is 0.184. The molecule has 0 saturated heterocycles. The standard InChI is InChI=1S/C51H35N3/c1-51(2)42-23-12-11-22-39(42)40-26-27-43-47(48(40)51)49(33-15-5-3-6-16-33)53-50(52-43)36-18-13-17-34(30-36)35-25-28-44-41(31-35)46-38-21-10-9-14-32(38)24-29-45(46)54(44)37-19-7-4-8-20-37/h3-31H,1-2H3. The van der Waals surface area contributed by atoms with E-state index in [-0.39, 0.29) is 5.41 Å². The van der Waals surface area contributed by atoms with E-state index >= 15 is 0 Å². The van der Waals surface area contributed by atoms with Crippen molar-refractivity contribution in [3.05, 3.63) is 187 Å². The molecule has 1 aliphatic carbocycles. The average Bonchev–Trinajstić information content (AvgIpc) is 3.69. The molecular weight excluding hydrogens is 655 g/mol. The fourth-order valence-corrected chi connectivity index (χ4v) is 9.09. The molecule has 54 heavy (non-hydrogen) atoms. The van der Waals surface area contributed by atoms with E-state index in [4.69, 9.17) is 9.97 Å². The lowest BCUT2D eigenvalue weighted by Crippen LogP contribution is -2.16. The number of hydrogen-bond acceptors (Lipinski definition) is 2. The Morgan fingerprint density at radius 2 is 1.17 bits per heavy atom. The van der Waals surface area contributed by atoms with Gasteiger partial charge in [-0.25, -0.2) is 9.97 Å². The lowest BCUT2D eigenvalue weighted by atomic mass is 9.80. The summed E-state index contributed by atoms with van der Waals surface area (Å²) in [5.74, 6) is 0.726. The van der Waals surface area contributed by atoms with Gasteiger partial charge in [0.05, 0.1) is 22.2 Å². The maximum Gasteiger partial charge on any atom is 0.160 e. The van der Waals surface area contributed by atoms with Gasteiger partial charge in [0.2, 0.25) is 0 Å². The van der Waals surface area contributed by atoms with E-state index in [0.29, 0.717) is 0 Å². The fourth-order valence-electron chi connectivity index (χ4n) is 9.09. The van der Waals surface area contributed by atoms with Gasteiger partial charge in [0.1, 0.15) is 0 Å². The van der Waals surface area contributed by atoms with Gasteiger partial charge >= 0.3 is 0 Å². The molecule has 3 nitrogen and oxygen atoms in total. The van der Waals surface area contributed by atoms with Crippen LogP contribution in [0.3, 0.4) is 0 Å². The van der Waals surface area contributed by atoms with E-state index in [2.05, 4.69) is 194 Å². The van der Waals surface area contributed by atoms with Crippen molar-refractivity contribution in [1.29, 1.82) is 0 Å². The SMILES string of the molecule is CC1(C)c2ccccc2-c2ccc3nc(-c4cccc(-c5ccc6c(c5)c5c7ccccc7ccc5n6-c5ccccc5)c4)nc(-c4ccccc4)c3c21. The molecule has 11 rings (SSSR count). The Morgan fingerprint density at radius 1 is 0.463 bits per heavy atom. The summed E-state index contributed by atoms with van der Waals surface area (Å²) in [6, 6.07) is 63.3. The highest BCUT2D eigenvalue weighted by molar-refractivity contribution is 6.22. The number of benzene rings is 8. The van der Waals surface area contributed by atoms with Crippen molar-refractivity contribution in [2.24, 2.45) is 0 Å². The maximum atomic E-state index is 5.43. The minimum Gasteiger partial charge on any atom is -0.309 e. The highest BCUT2D eigenvalue weighted by Gasteiger charge is 2.38. The first-order valence-corrected chi connectivity index (χ1v) is 18.7. The number of rotatable bonds is 4. The number of nitrogens with zero attached hydrogens (tertiary/aromatic N) is 3. The maximum absolute atomic E-state index is 5.43. The van der Waals surface area contributed by atoms with Crippen molar-refractivity contribution in [3.63, 3.8) is 0 Å². The molecular formula is C51H35N3. The van der Waals surface area contributed by atoms with Crippen molar-refractivity contribution in [2.75, 3.05) is 0 Å². The average molecular weight is 690 g/mol. The molecule has 0 radical (unpaired) electrons. The molecule has 254 valence electrons. The van der Waals surface area contributed by atoms with Crippen LogP contribution in [0.1, 0.15) is 25.0 Å². The Morgan fingerprint density at radius 3 is 2.04 bits per heavy atom. The van der Waals surface area contributed by atoms with Crippen LogP contribution in [0.2, 0.25) is 0 Å². The second kappa shape index (κ2) is 11.6. The van der Waals surface area contributed by atoms with Crippen molar-refractivity contribution in [2.45, 2.75) is 19.3 Å². The minimum absolute atomic E-state index is 0.187. The zero-order chi connectivity index (χ0) is 36.0. The molecule has 0 atom stereocenters. The number of hydrogen-bond donors (Lipinski definition) is 0. The fraction of sp³-hybridized carbons (Fsp3) is 0.0588. The normalized spacial score (nSPS) is 13.1. The Bertz CT molecular complexity index is 3120. The van der Waals surface area contributed by atoms with Crippen LogP contribution in [0.4, 0.5) is 0 Å². The van der Waals surface area contributed by atoms with E-state index in [0.717, 1.165) is 50.4 Å². The second-order valence-electron chi connectivity index (χ2n) is 15.0. The molecule has 1 aliphatic rings. The zero-order valence-electron chi connectivity index (χ0n) is 30.1. The van der Waals surface area contributed by atoms with E-state index in [9.17, 15) is 0 Å². The van der Waals surface area contributed by atoms with Crippen LogP contribution in [0.15, 0.2) is 176 Å². The van der Waals surface area contributed by atoms with Gasteiger partial charge in [-0.3, -0.25) is 0 Å². The summed E-state index contributed by atoms with van der Waals surface area (Å²) in [5, 5.41) is 6.14. The van der Waals surface area contributed by atoms with Gasteiger partial charge in [-0.2, -0.15) is 0 Å². The predicted molar refractivity (Wildman–Crippen MR) is 225 cm³/mol. The summed E-state index contributed by atoms with van der Waals surface area (Å²) >= 11 is 0. The Balaban J connectivity index is 1.11. The van der Waals surface area contributed by atoms with E-state index in [1.807, 2.05) is 0 Å². The second-order valence-corrected chi connectivity index (χ2v) is 15.0. The van der Waals surface area contributed by atoms with Crippen molar-refractivity contribution >= 4 is 43.5 Å². The summed E-state index contributed by atoms with van der Waals surface area (Å²) < 4.78 is 2.39. The highest BCUT2D eigenvalue weighted by atomic mass is 15.0. The van der Waals surface area contributed by atoms with Gasteiger partial charge in [-0.15, -0.1) is 0 Å². The predicted octanol–water partition coefficient (Wildman–Crippen LogP) is 13.2. The van der Waals surface area contributed by atoms with Crippen LogP contribution < -0.4 is 0 Å². The van der Waals surface area contributed by atoms with Crippen LogP contribution in [-0.2, 0) is 5.41 Å². The molecule has 3 heteroatoms. The van der Waals surface area contributed by atoms with Crippen LogP contribution in [-0.4, -0.2) is 14.5 Å². The Kier molecular flexibility index (Phi) is 6.60. The third-order valence-electron chi connectivity index (χ3n) is 11.6. The van der Waals surface area contributed by atoms with Crippen LogP contribution in [0.25, 0.3) is 94.1 Å². The lowest BCUT2D eigenvalue weighted by molar-refractivity contribution is 0.666. The van der Waals surface area contributed by atoms with Gasteiger partial charge in [-0.05, 0) is 86.6 Å². The molecule has 0 amide bonds. The topological polar surface area (TPSA) is 30.7 Å². The summed E-state index contributed by atoms with van der Waals surface area (Å²) in [5.41, 5.74) is 14.9. The zero-order valence-corrected chi connectivity index (χ0v) is 30.1. The summed E-state index contributed by atoms with van der Waals surface area (Å²) in [6.45, 7) is 4.67. The van der Waals surface area contributed by atoms with Crippen molar-refractivity contribution in [1.82, 2.24) is 14.5 Å². The molecule has 2 aromatic heterocycles.